The fourth-order valence-electron chi connectivity index (χ4n) is 3.44. The number of likely N-dealkylation sites (tertiary alicyclic amines) is 2. The molecule has 1 aromatic rings. The number of nitrogens with zero attached hydrogens (tertiary/aromatic N) is 2. The van der Waals surface area contributed by atoms with Gasteiger partial charge in [0.1, 0.15) is 0 Å². The van der Waals surface area contributed by atoms with Gasteiger partial charge in [0.05, 0.1) is 0 Å². The summed E-state index contributed by atoms with van der Waals surface area (Å²) in [4.78, 5) is 28.2. The number of benzene rings is 1. The molecule has 3 rings (SSSR count). The highest BCUT2D eigenvalue weighted by Gasteiger charge is 2.19. The first-order chi connectivity index (χ1) is 12.7. The van der Waals surface area contributed by atoms with Crippen LogP contribution in [0.3, 0.4) is 0 Å². The predicted octanol–water partition coefficient (Wildman–Crippen LogP) is 2.47. The highest BCUT2D eigenvalue weighted by Crippen LogP contribution is 2.26. The van der Waals surface area contributed by atoms with Crippen molar-refractivity contribution in [1.82, 2.24) is 9.80 Å². The second-order valence-corrected chi connectivity index (χ2v) is 6.91. The molecule has 6 nitrogen and oxygen atoms in total. The molecule has 2 fully saturated rings. The first-order valence-electron chi connectivity index (χ1n) is 9.64. The largest absolute Gasteiger partial charge is 0.480 e. The predicted molar refractivity (Wildman–Crippen MR) is 98.3 cm³/mol. The molecule has 0 aromatic heterocycles. The van der Waals surface area contributed by atoms with E-state index in [1.165, 1.54) is 12.8 Å². The van der Waals surface area contributed by atoms with Gasteiger partial charge in [0.25, 0.3) is 11.8 Å². The Morgan fingerprint density at radius 2 is 1.08 bits per heavy atom. The fraction of sp³-hybridized carbons (Fsp3) is 0.600. The maximum Gasteiger partial charge on any atom is 0.260 e. The lowest BCUT2D eigenvalue weighted by Gasteiger charge is -2.27. The van der Waals surface area contributed by atoms with Crippen LogP contribution in [0.4, 0.5) is 0 Å². The molecule has 0 N–H and O–H groups in total. The first-order valence-corrected chi connectivity index (χ1v) is 9.64. The van der Waals surface area contributed by atoms with Gasteiger partial charge in [0.2, 0.25) is 0 Å². The Hall–Kier alpha value is -2.24. The number of rotatable bonds is 6. The van der Waals surface area contributed by atoms with E-state index >= 15 is 0 Å². The monoisotopic (exact) mass is 360 g/mol. The van der Waals surface area contributed by atoms with E-state index in [4.69, 9.17) is 9.47 Å². The third-order valence-corrected chi connectivity index (χ3v) is 4.97. The summed E-state index contributed by atoms with van der Waals surface area (Å²) in [5.41, 5.74) is 0. The van der Waals surface area contributed by atoms with Crippen LogP contribution in [0.2, 0.25) is 0 Å². The zero-order valence-corrected chi connectivity index (χ0v) is 15.3. The van der Waals surface area contributed by atoms with Gasteiger partial charge in [-0.3, -0.25) is 9.59 Å². The van der Waals surface area contributed by atoms with E-state index in [0.29, 0.717) is 11.5 Å². The summed E-state index contributed by atoms with van der Waals surface area (Å²) in [6.45, 7) is 3.24. The Bertz CT molecular complexity index is 555. The van der Waals surface area contributed by atoms with Crippen LogP contribution in [0.25, 0.3) is 0 Å². The fourth-order valence-corrected chi connectivity index (χ4v) is 3.44. The summed E-state index contributed by atoms with van der Waals surface area (Å²) in [7, 11) is 0. The number of amides is 2. The van der Waals surface area contributed by atoms with Crippen molar-refractivity contribution in [1.29, 1.82) is 0 Å². The molecule has 2 heterocycles. The van der Waals surface area contributed by atoms with E-state index in [2.05, 4.69) is 0 Å². The second-order valence-electron chi connectivity index (χ2n) is 6.91. The van der Waals surface area contributed by atoms with Gasteiger partial charge >= 0.3 is 0 Å². The van der Waals surface area contributed by atoms with Gasteiger partial charge in [-0.2, -0.15) is 0 Å². The van der Waals surface area contributed by atoms with Gasteiger partial charge in [-0.1, -0.05) is 12.1 Å². The lowest BCUT2D eigenvalue weighted by molar-refractivity contribution is -0.135. The van der Waals surface area contributed by atoms with Gasteiger partial charge in [0.15, 0.2) is 24.7 Å². The molecule has 0 atom stereocenters. The van der Waals surface area contributed by atoms with E-state index in [-0.39, 0.29) is 25.0 Å². The van der Waals surface area contributed by atoms with Crippen LogP contribution < -0.4 is 9.47 Å². The molecule has 0 radical (unpaired) electrons. The molecule has 2 aliphatic rings. The maximum atomic E-state index is 12.3. The van der Waals surface area contributed by atoms with E-state index in [1.807, 2.05) is 21.9 Å². The Kier molecular flexibility index (Phi) is 6.75. The van der Waals surface area contributed by atoms with Crippen molar-refractivity contribution in [2.75, 3.05) is 39.4 Å². The molecule has 0 bridgehead atoms. The van der Waals surface area contributed by atoms with Crippen LogP contribution in [-0.4, -0.2) is 61.0 Å². The second kappa shape index (κ2) is 9.46. The molecular formula is C20H28N2O4. The minimum absolute atomic E-state index is 0.000441. The number of carbonyl (C=O) groups excluding carboxylic acids is 2. The van der Waals surface area contributed by atoms with Crippen LogP contribution >= 0.6 is 0 Å². The van der Waals surface area contributed by atoms with Crippen molar-refractivity contribution in [2.24, 2.45) is 0 Å². The zero-order chi connectivity index (χ0) is 18.2. The van der Waals surface area contributed by atoms with Gasteiger partial charge in [-0.25, -0.2) is 0 Å². The van der Waals surface area contributed by atoms with Crippen LogP contribution in [0, 0.1) is 0 Å². The normalized spacial score (nSPS) is 17.7. The number of hydrogen-bond donors (Lipinski definition) is 0. The van der Waals surface area contributed by atoms with Crippen LogP contribution in [0.5, 0.6) is 11.5 Å². The third kappa shape index (κ3) is 5.13. The van der Waals surface area contributed by atoms with E-state index in [0.717, 1.165) is 51.9 Å². The van der Waals surface area contributed by atoms with Crippen molar-refractivity contribution >= 4 is 11.8 Å². The van der Waals surface area contributed by atoms with E-state index < -0.39 is 0 Å². The molecule has 142 valence electrons. The van der Waals surface area contributed by atoms with Crippen molar-refractivity contribution in [3.63, 3.8) is 0 Å². The lowest BCUT2D eigenvalue weighted by atomic mass is 10.1. The van der Waals surface area contributed by atoms with Gasteiger partial charge in [-0.05, 0) is 50.7 Å². The Morgan fingerprint density at radius 1 is 0.692 bits per heavy atom. The highest BCUT2D eigenvalue weighted by molar-refractivity contribution is 5.78. The van der Waals surface area contributed by atoms with Crippen molar-refractivity contribution in [2.45, 2.75) is 38.5 Å². The molecule has 1 aromatic carbocycles. The minimum atomic E-state index is 0.000441. The summed E-state index contributed by atoms with van der Waals surface area (Å²) < 4.78 is 11.4. The molecule has 0 spiro atoms. The molecule has 2 amide bonds. The topological polar surface area (TPSA) is 59.1 Å². The van der Waals surface area contributed by atoms with Crippen molar-refractivity contribution in [3.05, 3.63) is 24.3 Å². The molecule has 6 heteroatoms. The standard InChI is InChI=1S/C20H28N2O4/c23-19(21-11-5-1-6-12-21)15-25-17-9-3-4-10-18(17)26-16-20(24)22-13-7-2-8-14-22/h3-4,9-10H,1-2,5-8,11-16H2. The summed E-state index contributed by atoms with van der Waals surface area (Å²) in [5.74, 6) is 1.02. The summed E-state index contributed by atoms with van der Waals surface area (Å²) in [6, 6.07) is 7.20. The highest BCUT2D eigenvalue weighted by atomic mass is 16.5. The van der Waals surface area contributed by atoms with Gasteiger partial charge < -0.3 is 19.3 Å². The third-order valence-electron chi connectivity index (χ3n) is 4.97. The number of ether oxygens (including phenoxy) is 2. The molecule has 0 saturated carbocycles. The van der Waals surface area contributed by atoms with Crippen LogP contribution in [-0.2, 0) is 9.59 Å². The molecular weight excluding hydrogens is 332 g/mol. The van der Waals surface area contributed by atoms with E-state index in [9.17, 15) is 9.59 Å². The number of para-hydroxylation sites is 2. The average Bonchev–Trinajstić information content (AvgIpc) is 2.72. The smallest absolute Gasteiger partial charge is 0.260 e. The Morgan fingerprint density at radius 3 is 1.46 bits per heavy atom. The van der Waals surface area contributed by atoms with Gasteiger partial charge in [0, 0.05) is 26.2 Å². The van der Waals surface area contributed by atoms with Gasteiger partial charge in [-0.15, -0.1) is 0 Å². The van der Waals surface area contributed by atoms with Crippen molar-refractivity contribution < 1.29 is 19.1 Å². The Labute approximate surface area is 155 Å². The number of piperidine rings is 2. The van der Waals surface area contributed by atoms with Crippen LogP contribution in [0.15, 0.2) is 24.3 Å². The number of hydrogen-bond acceptors (Lipinski definition) is 4. The average molecular weight is 360 g/mol. The maximum absolute atomic E-state index is 12.3. The quantitative estimate of drug-likeness (QED) is 0.782. The number of carbonyl (C=O) groups is 2. The zero-order valence-electron chi connectivity index (χ0n) is 15.3. The molecule has 26 heavy (non-hydrogen) atoms. The van der Waals surface area contributed by atoms with Crippen LogP contribution in [0.1, 0.15) is 38.5 Å². The summed E-state index contributed by atoms with van der Waals surface area (Å²) in [6.07, 6.45) is 6.61. The first kappa shape index (κ1) is 18.5. The minimum Gasteiger partial charge on any atom is -0.480 e. The lowest BCUT2D eigenvalue weighted by Crippen LogP contribution is -2.39. The van der Waals surface area contributed by atoms with Crippen molar-refractivity contribution in [3.8, 4) is 11.5 Å². The SMILES string of the molecule is O=C(COc1ccccc1OCC(=O)N1CCCCC1)N1CCCCC1. The molecule has 2 aliphatic heterocycles. The summed E-state index contributed by atoms with van der Waals surface area (Å²) in [5, 5.41) is 0. The van der Waals surface area contributed by atoms with E-state index in [1.54, 1.807) is 12.1 Å². The Balaban J connectivity index is 1.50. The molecule has 0 unspecified atom stereocenters. The summed E-state index contributed by atoms with van der Waals surface area (Å²) >= 11 is 0. The molecule has 0 aliphatic carbocycles. The molecule has 2 saturated heterocycles.